The Morgan fingerprint density at radius 3 is 2.21 bits per heavy atom. The van der Waals surface area contributed by atoms with Crippen LogP contribution in [0.3, 0.4) is 0 Å². The molecule has 6 rings (SSSR count). The number of anilines is 1. The number of halogens is 1. The average molecular weight is 548 g/mol. The first-order valence-corrected chi connectivity index (χ1v) is 13.7. The van der Waals surface area contributed by atoms with Gasteiger partial charge < -0.3 is 4.90 Å². The summed E-state index contributed by atoms with van der Waals surface area (Å²) < 4.78 is 6.47. The summed E-state index contributed by atoms with van der Waals surface area (Å²) in [5, 5.41) is 1.50. The molecule has 0 atom stereocenters. The van der Waals surface area contributed by atoms with E-state index in [-0.39, 0.29) is 28.3 Å². The van der Waals surface area contributed by atoms with E-state index < -0.39 is 0 Å². The second kappa shape index (κ2) is 9.37. The van der Waals surface area contributed by atoms with Gasteiger partial charge in [0.15, 0.2) is 0 Å². The van der Waals surface area contributed by atoms with Gasteiger partial charge in [-0.2, -0.15) is 4.98 Å². The van der Waals surface area contributed by atoms with E-state index in [1.165, 1.54) is 4.57 Å². The minimum absolute atomic E-state index is 0.0515. The van der Waals surface area contributed by atoms with Crippen molar-refractivity contribution in [2.45, 2.75) is 52.7 Å². The van der Waals surface area contributed by atoms with Crippen LogP contribution in [0.1, 0.15) is 38.3 Å². The van der Waals surface area contributed by atoms with Gasteiger partial charge in [0.2, 0.25) is 5.28 Å². The highest BCUT2D eigenvalue weighted by Crippen LogP contribution is 2.32. The molecule has 1 aliphatic heterocycles. The lowest BCUT2D eigenvalue weighted by Gasteiger charge is -2.34. The summed E-state index contributed by atoms with van der Waals surface area (Å²) in [4.78, 5) is 50.8. The molecule has 3 aromatic heterocycles. The number of piperidine rings is 1. The zero-order valence-corrected chi connectivity index (χ0v) is 23.2. The van der Waals surface area contributed by atoms with Crippen molar-refractivity contribution in [2.24, 2.45) is 7.05 Å². The van der Waals surface area contributed by atoms with E-state index in [0.29, 0.717) is 61.3 Å². The lowest BCUT2D eigenvalue weighted by atomic mass is 10.0. The van der Waals surface area contributed by atoms with Crippen LogP contribution in [0.5, 0.6) is 0 Å². The molecule has 0 amide bonds. The molecule has 39 heavy (non-hydrogen) atoms. The topological polar surface area (TPSA) is 100.0 Å². The molecule has 0 N–H and O–H groups in total. The van der Waals surface area contributed by atoms with Crippen LogP contribution < -0.4 is 21.8 Å². The molecular formula is C28H30ClN7O3. The van der Waals surface area contributed by atoms with Crippen molar-refractivity contribution in [3.05, 3.63) is 72.5 Å². The molecule has 0 radical (unpaired) electrons. The van der Waals surface area contributed by atoms with Gasteiger partial charge in [0.05, 0.1) is 27.5 Å². The fourth-order valence-electron chi connectivity index (χ4n) is 6.00. The summed E-state index contributed by atoms with van der Waals surface area (Å²) in [5.74, 6) is 0.694. The molecule has 0 spiro atoms. The van der Waals surface area contributed by atoms with Gasteiger partial charge in [-0.3, -0.25) is 23.1 Å². The molecule has 0 aliphatic carbocycles. The van der Waals surface area contributed by atoms with Gasteiger partial charge in [0, 0.05) is 44.7 Å². The number of rotatable bonds is 4. The fourth-order valence-corrected chi connectivity index (χ4v) is 6.17. The molecule has 0 bridgehead atoms. The summed E-state index contributed by atoms with van der Waals surface area (Å²) in [5.41, 5.74) is 3.34. The summed E-state index contributed by atoms with van der Waals surface area (Å²) in [6.45, 7) is 8.12. The zero-order chi connectivity index (χ0) is 27.6. The third-order valence-electron chi connectivity index (χ3n) is 8.01. The monoisotopic (exact) mass is 547 g/mol. The van der Waals surface area contributed by atoms with Crippen LogP contribution in [0.2, 0.25) is 5.28 Å². The molecule has 5 aromatic rings. The highest BCUT2D eigenvalue weighted by atomic mass is 35.5. The number of aromatic nitrogens is 6. The van der Waals surface area contributed by atoms with Crippen molar-refractivity contribution in [2.75, 3.05) is 18.0 Å². The fraction of sp³-hybridized carbons (Fsp3) is 0.393. The predicted octanol–water partition coefficient (Wildman–Crippen LogP) is 3.60. The van der Waals surface area contributed by atoms with Gasteiger partial charge in [-0.15, -0.1) is 0 Å². The number of nitrogens with zero attached hydrogens (tertiary/aromatic N) is 7. The molecule has 1 saturated heterocycles. The molecule has 10 nitrogen and oxygen atoms in total. The third-order valence-corrected chi connectivity index (χ3v) is 8.17. The molecular weight excluding hydrogens is 518 g/mol. The number of benzene rings is 2. The highest BCUT2D eigenvalue weighted by molar-refractivity contribution is 6.29. The highest BCUT2D eigenvalue weighted by Gasteiger charge is 2.27. The number of imidazole rings is 1. The average Bonchev–Trinajstić information content (AvgIpc) is 3.19. The van der Waals surface area contributed by atoms with Gasteiger partial charge >= 0.3 is 11.4 Å². The Hall–Kier alpha value is -3.92. The van der Waals surface area contributed by atoms with E-state index >= 15 is 0 Å². The van der Waals surface area contributed by atoms with Crippen LogP contribution >= 0.6 is 11.6 Å². The smallest absolute Gasteiger partial charge is 0.331 e. The van der Waals surface area contributed by atoms with Crippen LogP contribution in [0.4, 0.5) is 5.82 Å². The second-order valence-electron chi connectivity index (χ2n) is 10.2. The van der Waals surface area contributed by atoms with Gasteiger partial charge in [-0.1, -0.05) is 11.6 Å². The summed E-state index contributed by atoms with van der Waals surface area (Å²) in [6.07, 6.45) is 1.20. The Labute approximate surface area is 228 Å². The molecule has 202 valence electrons. The van der Waals surface area contributed by atoms with Gasteiger partial charge in [-0.05, 0) is 69.5 Å². The van der Waals surface area contributed by atoms with Crippen molar-refractivity contribution in [1.29, 1.82) is 0 Å². The van der Waals surface area contributed by atoms with E-state index in [4.69, 9.17) is 11.6 Å². The van der Waals surface area contributed by atoms with Crippen molar-refractivity contribution < 1.29 is 0 Å². The Balaban J connectivity index is 1.40. The SMILES string of the molecule is CCn1c(=O)n(CC)c2cc3c(N4CCC(n5c(=O)c6cc(C)ccc6n(C)c5=O)CC4)nc(Cl)nc3cc21. The number of hydrogen-bond donors (Lipinski definition) is 0. The maximum Gasteiger partial charge on any atom is 0.331 e. The zero-order valence-electron chi connectivity index (χ0n) is 22.4. The van der Waals surface area contributed by atoms with Crippen molar-refractivity contribution in [3.8, 4) is 0 Å². The lowest BCUT2D eigenvalue weighted by Crippen LogP contribution is -2.45. The van der Waals surface area contributed by atoms with Crippen LogP contribution in [-0.4, -0.2) is 41.3 Å². The maximum atomic E-state index is 13.4. The quantitative estimate of drug-likeness (QED) is 0.319. The Bertz CT molecular complexity index is 1960. The molecule has 4 heterocycles. The minimum atomic E-state index is -0.300. The first-order valence-electron chi connectivity index (χ1n) is 13.3. The number of fused-ring (bicyclic) bond motifs is 3. The minimum Gasteiger partial charge on any atom is -0.356 e. The number of aryl methyl sites for hydroxylation is 4. The van der Waals surface area contributed by atoms with E-state index in [9.17, 15) is 14.4 Å². The van der Waals surface area contributed by atoms with Crippen molar-refractivity contribution in [1.82, 2.24) is 28.2 Å². The normalized spacial score (nSPS) is 14.7. The van der Waals surface area contributed by atoms with E-state index in [0.717, 1.165) is 22.0 Å². The maximum absolute atomic E-state index is 13.4. The van der Waals surface area contributed by atoms with Crippen molar-refractivity contribution in [3.63, 3.8) is 0 Å². The summed E-state index contributed by atoms with van der Waals surface area (Å²) in [6, 6.07) is 9.24. The Morgan fingerprint density at radius 2 is 1.54 bits per heavy atom. The molecule has 0 saturated carbocycles. The van der Waals surface area contributed by atoms with Gasteiger partial charge in [0.25, 0.3) is 5.56 Å². The van der Waals surface area contributed by atoms with E-state index in [1.54, 1.807) is 20.7 Å². The molecule has 1 fully saturated rings. The van der Waals surface area contributed by atoms with E-state index in [1.807, 2.05) is 51.1 Å². The first-order chi connectivity index (χ1) is 18.7. The Morgan fingerprint density at radius 1 is 0.872 bits per heavy atom. The first kappa shape index (κ1) is 25.4. The standard InChI is InChI=1S/C28H30ClN7O3/c1-5-34-22-14-18-20(15-23(22)35(6-2)28(34)39)30-26(29)31-24(18)33-11-9-17(10-12-33)36-25(37)19-13-16(3)7-8-21(19)32(4)27(36)38/h7-8,13-15,17H,5-6,9-12H2,1-4H3. The molecule has 11 heteroatoms. The van der Waals surface area contributed by atoms with Crippen LogP contribution in [0, 0.1) is 6.92 Å². The largest absolute Gasteiger partial charge is 0.356 e. The third kappa shape index (κ3) is 3.88. The summed E-state index contributed by atoms with van der Waals surface area (Å²) >= 11 is 6.37. The predicted molar refractivity (Wildman–Crippen MR) is 154 cm³/mol. The molecule has 0 unspecified atom stereocenters. The van der Waals surface area contributed by atoms with Gasteiger partial charge in [-0.25, -0.2) is 14.6 Å². The van der Waals surface area contributed by atoms with Crippen molar-refractivity contribution >= 4 is 50.3 Å². The van der Waals surface area contributed by atoms with Crippen LogP contribution in [0.15, 0.2) is 44.7 Å². The molecule has 1 aliphatic rings. The second-order valence-corrected chi connectivity index (χ2v) is 10.5. The van der Waals surface area contributed by atoms with Crippen LogP contribution in [0.25, 0.3) is 32.8 Å². The summed E-state index contributed by atoms with van der Waals surface area (Å²) in [7, 11) is 1.71. The van der Waals surface area contributed by atoms with Crippen LogP contribution in [-0.2, 0) is 20.1 Å². The lowest BCUT2D eigenvalue weighted by molar-refractivity contribution is 0.371. The van der Waals surface area contributed by atoms with Gasteiger partial charge in [0.1, 0.15) is 5.82 Å². The molecule has 2 aromatic carbocycles. The Kier molecular flexibility index (Phi) is 6.10. The number of hydrogen-bond acceptors (Lipinski definition) is 6. The van der Waals surface area contributed by atoms with E-state index in [2.05, 4.69) is 14.9 Å².